The molecule has 3 nitrogen and oxygen atoms in total. The van der Waals surface area contributed by atoms with Gasteiger partial charge in [0.1, 0.15) is 0 Å². The van der Waals surface area contributed by atoms with Gasteiger partial charge in [0.25, 0.3) is 0 Å². The number of benzene rings is 1. The molecule has 0 aliphatic carbocycles. The largest absolute Gasteiger partial charge is 0.387 e. The quantitative estimate of drug-likeness (QED) is 0.750. The summed E-state index contributed by atoms with van der Waals surface area (Å²) in [5.41, 5.74) is 7.81. The molecule has 0 bridgehead atoms. The van der Waals surface area contributed by atoms with Gasteiger partial charge in [-0.25, -0.2) is 0 Å². The van der Waals surface area contributed by atoms with E-state index in [1.165, 1.54) is 0 Å². The number of hydrogen-bond acceptors (Lipinski definition) is 3. The van der Waals surface area contributed by atoms with Gasteiger partial charge in [0.15, 0.2) is 0 Å². The van der Waals surface area contributed by atoms with Crippen molar-refractivity contribution in [3.05, 3.63) is 35.4 Å². The molecule has 0 radical (unpaired) electrons. The third-order valence-electron chi connectivity index (χ3n) is 2.67. The molecule has 2 atom stereocenters. The van der Waals surface area contributed by atoms with E-state index in [0.717, 1.165) is 11.1 Å². The fourth-order valence-corrected chi connectivity index (χ4v) is 1.54. The zero-order chi connectivity index (χ0) is 13.1. The molecule has 1 aromatic rings. The summed E-state index contributed by atoms with van der Waals surface area (Å²) >= 11 is 0. The molecule has 0 saturated carbocycles. The van der Waals surface area contributed by atoms with Crippen molar-refractivity contribution in [1.82, 2.24) is 5.32 Å². The summed E-state index contributed by atoms with van der Waals surface area (Å²) in [5, 5.41) is 13.3. The summed E-state index contributed by atoms with van der Waals surface area (Å²) in [6.45, 7) is 8.75. The molecule has 0 unspecified atom stereocenters. The molecule has 0 amide bonds. The summed E-state index contributed by atoms with van der Waals surface area (Å²) < 4.78 is 0. The van der Waals surface area contributed by atoms with Crippen LogP contribution in [0.15, 0.2) is 24.3 Å². The van der Waals surface area contributed by atoms with E-state index in [2.05, 4.69) is 26.1 Å². The molecular weight excluding hydrogens is 212 g/mol. The van der Waals surface area contributed by atoms with Crippen LogP contribution in [0.2, 0.25) is 0 Å². The van der Waals surface area contributed by atoms with Crippen LogP contribution in [0.5, 0.6) is 0 Å². The molecule has 0 aliphatic rings. The Labute approximate surface area is 104 Å². The summed E-state index contributed by atoms with van der Waals surface area (Å²) in [6, 6.07) is 7.86. The Morgan fingerprint density at radius 1 is 1.18 bits per heavy atom. The van der Waals surface area contributed by atoms with Crippen molar-refractivity contribution < 1.29 is 5.11 Å². The molecule has 0 fully saturated rings. The highest BCUT2D eigenvalue weighted by atomic mass is 16.3. The average Bonchev–Trinajstić information content (AvgIpc) is 2.25. The Hall–Kier alpha value is -0.900. The maximum absolute atomic E-state index is 10.0. The highest BCUT2D eigenvalue weighted by molar-refractivity contribution is 5.26. The topological polar surface area (TPSA) is 58.3 Å². The lowest BCUT2D eigenvalue weighted by atomic mass is 10.0. The Morgan fingerprint density at radius 2 is 1.65 bits per heavy atom. The van der Waals surface area contributed by atoms with Crippen LogP contribution in [0.4, 0.5) is 0 Å². The molecule has 0 aliphatic heterocycles. The third-order valence-corrected chi connectivity index (χ3v) is 2.67. The molecule has 0 saturated heterocycles. The highest BCUT2D eigenvalue weighted by Gasteiger charge is 2.13. The van der Waals surface area contributed by atoms with Gasteiger partial charge >= 0.3 is 0 Å². The van der Waals surface area contributed by atoms with Gasteiger partial charge in [0, 0.05) is 18.1 Å². The Bertz CT molecular complexity index is 338. The van der Waals surface area contributed by atoms with Crippen molar-refractivity contribution in [1.29, 1.82) is 0 Å². The molecule has 1 aromatic carbocycles. The Morgan fingerprint density at radius 3 is 2.06 bits per heavy atom. The molecule has 17 heavy (non-hydrogen) atoms. The highest BCUT2D eigenvalue weighted by Crippen LogP contribution is 2.16. The van der Waals surface area contributed by atoms with E-state index in [1.807, 2.05) is 31.2 Å². The number of aliphatic hydroxyl groups is 1. The van der Waals surface area contributed by atoms with E-state index < -0.39 is 6.10 Å². The fraction of sp³-hybridized carbons (Fsp3) is 0.571. The monoisotopic (exact) mass is 236 g/mol. The summed E-state index contributed by atoms with van der Waals surface area (Å²) in [7, 11) is 0. The van der Waals surface area contributed by atoms with E-state index >= 15 is 0 Å². The molecule has 1 rings (SSSR count). The van der Waals surface area contributed by atoms with Crippen molar-refractivity contribution in [2.24, 2.45) is 5.73 Å². The summed E-state index contributed by atoms with van der Waals surface area (Å²) in [5.74, 6) is 0. The molecule has 4 N–H and O–H groups in total. The van der Waals surface area contributed by atoms with Crippen molar-refractivity contribution in [3.63, 3.8) is 0 Å². The lowest BCUT2D eigenvalue weighted by molar-refractivity contribution is 0.163. The van der Waals surface area contributed by atoms with Gasteiger partial charge in [-0.2, -0.15) is 0 Å². The van der Waals surface area contributed by atoms with Crippen molar-refractivity contribution in [2.45, 2.75) is 45.4 Å². The van der Waals surface area contributed by atoms with E-state index in [9.17, 15) is 5.11 Å². The zero-order valence-corrected chi connectivity index (χ0v) is 11.2. The maximum atomic E-state index is 10.0. The van der Waals surface area contributed by atoms with Gasteiger partial charge in [0.2, 0.25) is 0 Å². The SMILES string of the molecule is C[C@H](N)c1ccc([C@@H](O)CNC(C)(C)C)cc1. The van der Waals surface area contributed by atoms with Crippen molar-refractivity contribution in [3.8, 4) is 0 Å². The van der Waals surface area contributed by atoms with Gasteiger partial charge in [-0.05, 0) is 38.8 Å². The number of rotatable bonds is 4. The number of β-amino-alcohol motifs (C(OH)–C–C–N with tert-alkyl or cyclic N) is 1. The minimum absolute atomic E-state index is 0.0205. The Balaban J connectivity index is 2.60. The van der Waals surface area contributed by atoms with Crippen molar-refractivity contribution in [2.75, 3.05) is 6.54 Å². The summed E-state index contributed by atoms with van der Waals surface area (Å²) in [6.07, 6.45) is -0.476. The van der Waals surface area contributed by atoms with Crippen LogP contribution in [0.3, 0.4) is 0 Å². The van der Waals surface area contributed by atoms with Gasteiger partial charge in [0.05, 0.1) is 6.10 Å². The first-order valence-electron chi connectivity index (χ1n) is 6.08. The van der Waals surface area contributed by atoms with E-state index in [4.69, 9.17) is 5.73 Å². The van der Waals surface area contributed by atoms with Crippen LogP contribution in [0, 0.1) is 0 Å². The third kappa shape index (κ3) is 4.86. The lowest BCUT2D eigenvalue weighted by Crippen LogP contribution is -2.38. The summed E-state index contributed by atoms with van der Waals surface area (Å²) in [4.78, 5) is 0. The molecular formula is C14H24N2O. The van der Waals surface area contributed by atoms with Crippen LogP contribution in [0.1, 0.15) is 51.0 Å². The predicted octanol–water partition coefficient (Wildman–Crippen LogP) is 2.13. The number of nitrogens with two attached hydrogens (primary N) is 1. The molecule has 0 spiro atoms. The number of aliphatic hydroxyl groups excluding tert-OH is 1. The van der Waals surface area contributed by atoms with Crippen LogP contribution >= 0.6 is 0 Å². The van der Waals surface area contributed by atoms with Crippen molar-refractivity contribution >= 4 is 0 Å². The van der Waals surface area contributed by atoms with Gasteiger partial charge in [-0.3, -0.25) is 0 Å². The van der Waals surface area contributed by atoms with Gasteiger partial charge in [-0.1, -0.05) is 24.3 Å². The standard InChI is InChI=1S/C14H24N2O/c1-10(15)11-5-7-12(8-6-11)13(17)9-16-14(2,3)4/h5-8,10,13,16-17H,9,15H2,1-4H3/t10-,13-/m0/s1. The molecule has 96 valence electrons. The smallest absolute Gasteiger partial charge is 0.0914 e. The van der Waals surface area contributed by atoms with Gasteiger partial charge < -0.3 is 16.2 Å². The second-order valence-corrected chi connectivity index (χ2v) is 5.60. The zero-order valence-electron chi connectivity index (χ0n) is 11.2. The van der Waals surface area contributed by atoms with Gasteiger partial charge in [-0.15, -0.1) is 0 Å². The molecule has 0 aromatic heterocycles. The number of nitrogens with one attached hydrogen (secondary N) is 1. The van der Waals surface area contributed by atoms with Crippen LogP contribution in [-0.2, 0) is 0 Å². The average molecular weight is 236 g/mol. The van der Waals surface area contributed by atoms with Crippen LogP contribution < -0.4 is 11.1 Å². The van der Waals surface area contributed by atoms with E-state index in [-0.39, 0.29) is 11.6 Å². The minimum atomic E-state index is -0.476. The maximum Gasteiger partial charge on any atom is 0.0914 e. The molecule has 3 heteroatoms. The first kappa shape index (κ1) is 14.2. The van der Waals surface area contributed by atoms with Crippen LogP contribution in [0.25, 0.3) is 0 Å². The molecule has 0 heterocycles. The van der Waals surface area contributed by atoms with E-state index in [1.54, 1.807) is 0 Å². The minimum Gasteiger partial charge on any atom is -0.387 e. The lowest BCUT2D eigenvalue weighted by Gasteiger charge is -2.23. The second-order valence-electron chi connectivity index (χ2n) is 5.60. The Kier molecular flexibility index (Phi) is 4.69. The first-order chi connectivity index (χ1) is 7.79. The first-order valence-corrected chi connectivity index (χ1v) is 6.08. The normalized spacial score (nSPS) is 15.6. The van der Waals surface area contributed by atoms with Crippen LogP contribution in [-0.4, -0.2) is 17.2 Å². The number of hydrogen-bond donors (Lipinski definition) is 3. The fourth-order valence-electron chi connectivity index (χ4n) is 1.54. The second kappa shape index (κ2) is 5.63. The predicted molar refractivity (Wildman–Crippen MR) is 71.8 cm³/mol. The van der Waals surface area contributed by atoms with E-state index in [0.29, 0.717) is 6.54 Å².